The van der Waals surface area contributed by atoms with Crippen LogP contribution in [0.15, 0.2) is 48.2 Å². The van der Waals surface area contributed by atoms with Gasteiger partial charge in [0.15, 0.2) is 11.8 Å². The molecule has 0 bridgehead atoms. The van der Waals surface area contributed by atoms with Crippen molar-refractivity contribution < 1.29 is 37.5 Å². The number of amides is 3. The number of benzene rings is 2. The van der Waals surface area contributed by atoms with E-state index in [-0.39, 0.29) is 16.7 Å². The molecule has 1 aliphatic heterocycles. The van der Waals surface area contributed by atoms with Crippen molar-refractivity contribution in [3.05, 3.63) is 71.2 Å². The zero-order valence-corrected chi connectivity index (χ0v) is 18.1. The first kappa shape index (κ1) is 24.5. The SMILES string of the molecule is CC1=CC(=O)C(NC(=O)NC(CC(=O)O)c2cc(-c3ccc(F)cc3F)ccc2F)C(=O)N1C. The largest absolute Gasteiger partial charge is 0.481 e. The molecule has 2 aromatic rings. The number of carboxylic acids is 1. The summed E-state index contributed by atoms with van der Waals surface area (Å²) in [5.74, 6) is -5.37. The van der Waals surface area contributed by atoms with Gasteiger partial charge in [-0.1, -0.05) is 6.07 Å². The van der Waals surface area contributed by atoms with Crippen molar-refractivity contribution in [2.24, 2.45) is 0 Å². The molecule has 2 unspecified atom stereocenters. The van der Waals surface area contributed by atoms with Crippen molar-refractivity contribution >= 4 is 23.7 Å². The third-order valence-electron chi connectivity index (χ3n) is 5.32. The Labute approximate surface area is 192 Å². The van der Waals surface area contributed by atoms with E-state index < -0.39 is 59.6 Å². The summed E-state index contributed by atoms with van der Waals surface area (Å²) in [5, 5.41) is 13.7. The Kier molecular flexibility index (Phi) is 7.04. The Balaban J connectivity index is 1.89. The van der Waals surface area contributed by atoms with E-state index >= 15 is 0 Å². The van der Waals surface area contributed by atoms with Gasteiger partial charge in [0.2, 0.25) is 0 Å². The summed E-state index contributed by atoms with van der Waals surface area (Å²) in [7, 11) is 1.41. The van der Waals surface area contributed by atoms with Crippen molar-refractivity contribution in [3.63, 3.8) is 0 Å². The molecule has 1 heterocycles. The highest BCUT2D eigenvalue weighted by atomic mass is 19.1. The standard InChI is InChI=1S/C23H20F3N3O5/c1-11-7-19(30)21(22(33)29(11)2)28-23(34)27-18(10-20(31)32)15-8-12(3-6-16(15)25)14-5-4-13(24)9-17(14)26/h3-9,18,21H,10H2,1-2H3,(H,31,32)(H2,27,28,34). The molecule has 3 amide bonds. The summed E-state index contributed by atoms with van der Waals surface area (Å²) < 4.78 is 42.1. The predicted molar refractivity (Wildman–Crippen MR) is 114 cm³/mol. The fraction of sp³-hybridized carbons (Fsp3) is 0.217. The number of allylic oxidation sites excluding steroid dienone is 1. The highest BCUT2D eigenvalue weighted by Crippen LogP contribution is 2.29. The lowest BCUT2D eigenvalue weighted by molar-refractivity contribution is -0.138. The number of ketones is 1. The minimum Gasteiger partial charge on any atom is -0.481 e. The second-order valence-corrected chi connectivity index (χ2v) is 7.65. The summed E-state index contributed by atoms with van der Waals surface area (Å²) in [6.45, 7) is 1.54. The molecular weight excluding hydrogens is 455 g/mol. The zero-order valence-electron chi connectivity index (χ0n) is 18.1. The van der Waals surface area contributed by atoms with Gasteiger partial charge in [0.05, 0.1) is 12.5 Å². The lowest BCUT2D eigenvalue weighted by Crippen LogP contribution is -2.56. The van der Waals surface area contributed by atoms with Crippen LogP contribution in [0.4, 0.5) is 18.0 Å². The zero-order chi connectivity index (χ0) is 25.2. The monoisotopic (exact) mass is 475 g/mol. The number of carbonyl (C=O) groups excluding carboxylic acids is 3. The summed E-state index contributed by atoms with van der Waals surface area (Å²) >= 11 is 0. The number of carboxylic acid groups (broad SMARTS) is 1. The van der Waals surface area contributed by atoms with Crippen LogP contribution in [-0.2, 0) is 14.4 Å². The second kappa shape index (κ2) is 9.77. The van der Waals surface area contributed by atoms with Gasteiger partial charge in [-0.05, 0) is 36.8 Å². The van der Waals surface area contributed by atoms with Crippen molar-refractivity contribution in [2.45, 2.75) is 25.4 Å². The maximum Gasteiger partial charge on any atom is 0.316 e. The first-order chi connectivity index (χ1) is 16.0. The molecule has 0 aromatic heterocycles. The number of carbonyl (C=O) groups is 4. The average molecular weight is 475 g/mol. The van der Waals surface area contributed by atoms with Gasteiger partial charge < -0.3 is 20.6 Å². The van der Waals surface area contributed by atoms with Crippen molar-refractivity contribution in [3.8, 4) is 11.1 Å². The smallest absolute Gasteiger partial charge is 0.316 e. The van der Waals surface area contributed by atoms with E-state index in [0.29, 0.717) is 11.8 Å². The summed E-state index contributed by atoms with van der Waals surface area (Å²) in [6.07, 6.45) is 0.409. The Morgan fingerprint density at radius 3 is 2.44 bits per heavy atom. The Morgan fingerprint density at radius 2 is 1.79 bits per heavy atom. The number of hydrogen-bond acceptors (Lipinski definition) is 4. The number of hydrogen-bond donors (Lipinski definition) is 3. The Morgan fingerprint density at radius 1 is 1.09 bits per heavy atom. The van der Waals surface area contributed by atoms with Gasteiger partial charge in [-0.3, -0.25) is 14.4 Å². The molecule has 0 saturated heterocycles. The van der Waals surface area contributed by atoms with Crippen LogP contribution in [-0.4, -0.2) is 46.8 Å². The van der Waals surface area contributed by atoms with Crippen LogP contribution in [0.5, 0.6) is 0 Å². The van der Waals surface area contributed by atoms with Crippen LogP contribution in [0.3, 0.4) is 0 Å². The summed E-state index contributed by atoms with van der Waals surface area (Å²) in [6, 6.07) is 2.04. The topological polar surface area (TPSA) is 116 Å². The third-order valence-corrected chi connectivity index (χ3v) is 5.32. The van der Waals surface area contributed by atoms with Gasteiger partial charge in [0.1, 0.15) is 17.5 Å². The van der Waals surface area contributed by atoms with Crippen molar-refractivity contribution in [1.29, 1.82) is 0 Å². The molecule has 0 saturated carbocycles. The van der Waals surface area contributed by atoms with E-state index in [1.807, 2.05) is 0 Å². The lowest BCUT2D eigenvalue weighted by Gasteiger charge is -2.28. The fourth-order valence-corrected chi connectivity index (χ4v) is 3.45. The second-order valence-electron chi connectivity index (χ2n) is 7.65. The number of likely N-dealkylation sites (N-methyl/N-ethyl adjacent to an activating group) is 1. The quantitative estimate of drug-likeness (QED) is 0.556. The van der Waals surface area contributed by atoms with Gasteiger partial charge in [-0.15, -0.1) is 0 Å². The summed E-state index contributed by atoms with van der Waals surface area (Å²) in [5.41, 5.74) is 0.146. The number of urea groups is 1. The van der Waals surface area contributed by atoms with Crippen LogP contribution in [0.25, 0.3) is 11.1 Å². The normalized spacial score (nSPS) is 16.7. The number of aliphatic carboxylic acids is 1. The van der Waals surface area contributed by atoms with E-state index in [4.69, 9.17) is 0 Å². The van der Waals surface area contributed by atoms with Crippen LogP contribution in [0.1, 0.15) is 24.9 Å². The van der Waals surface area contributed by atoms with E-state index in [9.17, 15) is 37.5 Å². The van der Waals surface area contributed by atoms with Crippen LogP contribution >= 0.6 is 0 Å². The molecule has 2 aromatic carbocycles. The molecule has 2 atom stereocenters. The van der Waals surface area contributed by atoms with Crippen molar-refractivity contribution in [2.75, 3.05) is 7.05 Å². The summed E-state index contributed by atoms with van der Waals surface area (Å²) in [4.78, 5) is 49.6. The van der Waals surface area contributed by atoms with E-state index in [1.54, 1.807) is 0 Å². The molecule has 178 valence electrons. The minimum atomic E-state index is -1.54. The number of halogens is 3. The fourth-order valence-electron chi connectivity index (χ4n) is 3.45. The number of nitrogens with zero attached hydrogens (tertiary/aromatic N) is 1. The third kappa shape index (κ3) is 5.25. The first-order valence-corrected chi connectivity index (χ1v) is 10.0. The van der Waals surface area contributed by atoms with Gasteiger partial charge >= 0.3 is 12.0 Å². The molecular formula is C23H20F3N3O5. The highest BCUT2D eigenvalue weighted by molar-refractivity contribution is 6.14. The molecule has 11 heteroatoms. The molecule has 0 spiro atoms. The van der Waals surface area contributed by atoms with E-state index in [1.165, 1.54) is 31.0 Å². The van der Waals surface area contributed by atoms with E-state index in [2.05, 4.69) is 10.6 Å². The molecule has 3 rings (SSSR count). The highest BCUT2D eigenvalue weighted by Gasteiger charge is 2.35. The van der Waals surface area contributed by atoms with Crippen LogP contribution in [0, 0.1) is 17.5 Å². The van der Waals surface area contributed by atoms with Crippen LogP contribution < -0.4 is 10.6 Å². The van der Waals surface area contributed by atoms with Gasteiger partial charge in [-0.25, -0.2) is 18.0 Å². The maximum atomic E-state index is 14.6. The minimum absolute atomic E-state index is 0.0650. The van der Waals surface area contributed by atoms with E-state index in [0.717, 1.165) is 24.3 Å². The lowest BCUT2D eigenvalue weighted by atomic mass is 9.97. The molecule has 34 heavy (non-hydrogen) atoms. The molecule has 3 N–H and O–H groups in total. The van der Waals surface area contributed by atoms with Crippen molar-refractivity contribution in [1.82, 2.24) is 15.5 Å². The van der Waals surface area contributed by atoms with Gasteiger partial charge in [0, 0.05) is 36.0 Å². The molecule has 0 aliphatic carbocycles. The van der Waals surface area contributed by atoms with Crippen LogP contribution in [0.2, 0.25) is 0 Å². The average Bonchev–Trinajstić information content (AvgIpc) is 2.75. The molecule has 8 nitrogen and oxygen atoms in total. The Bertz CT molecular complexity index is 1210. The number of rotatable bonds is 6. The predicted octanol–water partition coefficient (Wildman–Crippen LogP) is 2.90. The number of nitrogens with one attached hydrogen (secondary N) is 2. The molecule has 0 radical (unpaired) electrons. The maximum absolute atomic E-state index is 14.6. The molecule has 0 fully saturated rings. The van der Waals surface area contributed by atoms with Gasteiger partial charge in [-0.2, -0.15) is 0 Å². The Hall–Kier alpha value is -4.15. The first-order valence-electron chi connectivity index (χ1n) is 10.0. The molecule has 1 aliphatic rings. The van der Waals surface area contributed by atoms with Gasteiger partial charge in [0.25, 0.3) is 5.91 Å².